The van der Waals surface area contributed by atoms with E-state index in [-0.39, 0.29) is 41.7 Å². The van der Waals surface area contributed by atoms with Crippen molar-refractivity contribution in [2.24, 2.45) is 16.5 Å². The number of benzene rings is 1. The molecule has 1 saturated heterocycles. The molecule has 2 amide bonds. The molecule has 1 aromatic heterocycles. The number of aliphatic hydroxyl groups is 2. The smallest absolute Gasteiger partial charge is 0.346 e. The number of nitrogens with one attached hydrogen (secondary N) is 4. The van der Waals surface area contributed by atoms with Crippen molar-refractivity contribution in [3.8, 4) is 11.5 Å². The third-order valence-electron chi connectivity index (χ3n) is 8.82. The van der Waals surface area contributed by atoms with Gasteiger partial charge >= 0.3 is 5.96 Å². The summed E-state index contributed by atoms with van der Waals surface area (Å²) in [5.74, 6) is -2.87. The third-order valence-corrected chi connectivity index (χ3v) is 8.82. The van der Waals surface area contributed by atoms with E-state index in [0.717, 1.165) is 12.0 Å². The highest BCUT2D eigenvalue weighted by Gasteiger charge is 2.75. The topological polar surface area (TPSA) is 221 Å². The van der Waals surface area contributed by atoms with Gasteiger partial charge in [-0.1, -0.05) is 26.0 Å². The second-order valence-corrected chi connectivity index (χ2v) is 11.8. The van der Waals surface area contributed by atoms with Crippen molar-refractivity contribution in [1.82, 2.24) is 26.3 Å². The molecule has 1 aromatic carbocycles. The fourth-order valence-corrected chi connectivity index (χ4v) is 6.52. The van der Waals surface area contributed by atoms with Crippen LogP contribution in [0.1, 0.15) is 46.7 Å². The van der Waals surface area contributed by atoms with Crippen molar-refractivity contribution in [3.05, 3.63) is 53.3 Å². The van der Waals surface area contributed by atoms with Gasteiger partial charge in [-0.2, -0.15) is 0 Å². The Morgan fingerprint density at radius 3 is 2.77 bits per heavy atom. The molecule has 1 fully saturated rings. The van der Waals surface area contributed by atoms with Crippen LogP contribution >= 0.6 is 0 Å². The summed E-state index contributed by atoms with van der Waals surface area (Å²) in [6.45, 7) is 4.51. The van der Waals surface area contributed by atoms with Gasteiger partial charge in [0, 0.05) is 11.8 Å². The average Bonchev–Trinajstić information content (AvgIpc) is 3.44. The summed E-state index contributed by atoms with van der Waals surface area (Å²) in [5, 5.41) is 35.1. The molecule has 1 unspecified atom stereocenters. The van der Waals surface area contributed by atoms with Crippen LogP contribution in [-0.4, -0.2) is 99.9 Å². The zero-order chi connectivity index (χ0) is 30.7. The maximum absolute atomic E-state index is 13.6. The number of hydrogen-bond acceptors (Lipinski definition) is 12. The van der Waals surface area contributed by atoms with Crippen LogP contribution in [0.2, 0.25) is 0 Å². The molecule has 0 bridgehead atoms. The Bertz CT molecular complexity index is 1560. The molecule has 15 heteroatoms. The highest BCUT2D eigenvalue weighted by atomic mass is 16.5. The third kappa shape index (κ3) is 4.29. The molecule has 0 saturated carbocycles. The van der Waals surface area contributed by atoms with Crippen molar-refractivity contribution in [2.45, 2.75) is 55.3 Å². The van der Waals surface area contributed by atoms with E-state index in [1.54, 1.807) is 24.3 Å². The molecule has 6 rings (SSSR count). The van der Waals surface area contributed by atoms with Gasteiger partial charge in [0.15, 0.2) is 11.7 Å². The largest absolute Gasteiger partial charge is 0.494 e. The van der Waals surface area contributed by atoms with Crippen LogP contribution in [-0.2, 0) is 5.41 Å². The molecular weight excluding hydrogens is 558 g/mol. The summed E-state index contributed by atoms with van der Waals surface area (Å²) < 4.78 is 12.6. The highest BCUT2D eigenvalue weighted by molar-refractivity contribution is 5.98. The van der Waals surface area contributed by atoms with Crippen LogP contribution in [0, 0.1) is 0 Å². The first-order chi connectivity index (χ1) is 20.4. The molecule has 0 radical (unpaired) electrons. The Morgan fingerprint density at radius 2 is 2.00 bits per heavy atom. The SMILES string of the molecule is COc1cccnc1C(=O)NC[C@@H]1NC(N)=[N+]2CC(NC(=O)c3cccc4c3OCCC4(C)C)C(O)(O)[C@@]23NC(N)=N[C@@H]13. The van der Waals surface area contributed by atoms with E-state index in [2.05, 4.69) is 45.1 Å². The van der Waals surface area contributed by atoms with Gasteiger partial charge in [-0.3, -0.25) is 20.6 Å². The van der Waals surface area contributed by atoms with Gasteiger partial charge in [0.2, 0.25) is 11.4 Å². The molecular formula is C28H36N9O6+. The van der Waals surface area contributed by atoms with Crippen molar-refractivity contribution in [2.75, 3.05) is 26.8 Å². The highest BCUT2D eigenvalue weighted by Crippen LogP contribution is 2.43. The van der Waals surface area contributed by atoms with Crippen molar-refractivity contribution in [3.63, 3.8) is 0 Å². The van der Waals surface area contributed by atoms with E-state index in [1.807, 2.05) is 6.07 Å². The molecule has 4 aliphatic rings. The molecule has 228 valence electrons. The van der Waals surface area contributed by atoms with Gasteiger partial charge < -0.3 is 41.4 Å². The number of aromatic nitrogens is 1. The van der Waals surface area contributed by atoms with E-state index in [1.165, 1.54) is 17.9 Å². The van der Waals surface area contributed by atoms with E-state index in [0.29, 0.717) is 18.1 Å². The Labute approximate surface area is 247 Å². The number of hydrogen-bond donors (Lipinski definition) is 8. The normalized spacial score (nSPS) is 27.7. The predicted octanol–water partition coefficient (Wildman–Crippen LogP) is -2.34. The zero-order valence-electron chi connectivity index (χ0n) is 24.0. The number of rotatable bonds is 6. The predicted molar refractivity (Wildman–Crippen MR) is 154 cm³/mol. The van der Waals surface area contributed by atoms with Crippen molar-refractivity contribution >= 4 is 23.7 Å². The number of ether oxygens (including phenoxy) is 2. The summed E-state index contributed by atoms with van der Waals surface area (Å²) in [5.41, 5.74) is 11.8. The van der Waals surface area contributed by atoms with Crippen LogP contribution in [0.15, 0.2) is 41.5 Å². The number of carbonyl (C=O) groups is 2. The van der Waals surface area contributed by atoms with Gasteiger partial charge in [0.1, 0.15) is 29.6 Å². The Kier molecular flexibility index (Phi) is 6.61. The maximum atomic E-state index is 13.6. The quantitative estimate of drug-likeness (QED) is 0.131. The minimum Gasteiger partial charge on any atom is -0.494 e. The summed E-state index contributed by atoms with van der Waals surface area (Å²) in [4.78, 5) is 35.1. The minimum atomic E-state index is -2.62. The lowest BCUT2D eigenvalue weighted by Gasteiger charge is -2.43. The zero-order valence-corrected chi connectivity index (χ0v) is 24.0. The molecule has 5 heterocycles. The molecule has 2 aromatic rings. The number of methoxy groups -OCH3 is 1. The van der Waals surface area contributed by atoms with Gasteiger partial charge in [0.25, 0.3) is 11.8 Å². The van der Waals surface area contributed by atoms with Crippen molar-refractivity contribution < 1.29 is 33.9 Å². The van der Waals surface area contributed by atoms with Crippen LogP contribution in [0.3, 0.4) is 0 Å². The summed E-state index contributed by atoms with van der Waals surface area (Å²) >= 11 is 0. The standard InChI is InChI=1S/C28H35N9O6/c1-26(2)9-11-43-20-14(6-4-7-15(20)26)22(38)34-18-13-37-25(30)33-16(21-27(37,28(18,40)41)36-24(29)35-21)12-32-23(39)19-17(42-3)8-5-10-31-19/h4-8,10,16,18,21,40-41H,9,11-13H2,1-3H3,(H7,29,30,32,33,34,35,36,38,39)/p+1/t16-,18?,21-,27-/m0/s1. The summed E-state index contributed by atoms with van der Waals surface area (Å²) in [7, 11) is 1.43. The summed E-state index contributed by atoms with van der Waals surface area (Å²) in [6, 6.07) is 5.71. The van der Waals surface area contributed by atoms with Gasteiger partial charge in [0.05, 0.1) is 32.4 Å². The maximum Gasteiger partial charge on any atom is 0.346 e. The second-order valence-electron chi connectivity index (χ2n) is 11.8. The Hall–Kier alpha value is -4.63. The number of nitrogens with zero attached hydrogens (tertiary/aromatic N) is 3. The van der Waals surface area contributed by atoms with Crippen molar-refractivity contribution in [1.29, 1.82) is 0 Å². The van der Waals surface area contributed by atoms with Gasteiger partial charge in [-0.15, -0.1) is 0 Å². The second kappa shape index (κ2) is 9.98. The average molecular weight is 595 g/mol. The first kappa shape index (κ1) is 28.5. The molecule has 4 aliphatic heterocycles. The fourth-order valence-electron chi connectivity index (χ4n) is 6.52. The molecule has 43 heavy (non-hydrogen) atoms. The minimum absolute atomic E-state index is 0.0334. The van der Waals surface area contributed by atoms with Crippen LogP contribution < -0.4 is 42.2 Å². The number of nitrogens with two attached hydrogens (primary N) is 2. The molecule has 1 spiro atoms. The number of para-hydroxylation sites is 1. The van der Waals surface area contributed by atoms with Crippen LogP contribution in [0.25, 0.3) is 0 Å². The number of fused-ring (bicyclic) bond motifs is 1. The van der Waals surface area contributed by atoms with Crippen LogP contribution in [0.5, 0.6) is 11.5 Å². The first-order valence-electron chi connectivity index (χ1n) is 14.0. The van der Waals surface area contributed by atoms with E-state index >= 15 is 0 Å². The number of aliphatic imine (C=N–C) groups is 1. The number of amides is 2. The molecule has 0 aliphatic carbocycles. The van der Waals surface area contributed by atoms with E-state index < -0.39 is 41.4 Å². The molecule has 10 N–H and O–H groups in total. The van der Waals surface area contributed by atoms with Gasteiger partial charge in [-0.25, -0.2) is 14.6 Å². The van der Waals surface area contributed by atoms with Crippen LogP contribution in [0.4, 0.5) is 0 Å². The lowest BCUT2D eigenvalue weighted by molar-refractivity contribution is -0.623. The Morgan fingerprint density at radius 1 is 1.21 bits per heavy atom. The molecule has 15 nitrogen and oxygen atoms in total. The number of carbonyl (C=O) groups excluding carboxylic acids is 2. The monoisotopic (exact) mass is 594 g/mol. The first-order valence-corrected chi connectivity index (χ1v) is 14.0. The number of guanidine groups is 2. The fraction of sp³-hybridized carbons (Fsp3) is 0.464. The lowest BCUT2D eigenvalue weighted by Crippen LogP contribution is -2.79. The number of pyridine rings is 1. The van der Waals surface area contributed by atoms with E-state index in [9.17, 15) is 19.8 Å². The Balaban J connectivity index is 1.26. The van der Waals surface area contributed by atoms with E-state index in [4.69, 9.17) is 20.9 Å². The summed E-state index contributed by atoms with van der Waals surface area (Å²) in [6.07, 6.45) is 2.27. The molecule has 4 atom stereocenters. The van der Waals surface area contributed by atoms with Gasteiger partial charge in [-0.05, 0) is 30.0 Å². The lowest BCUT2D eigenvalue weighted by atomic mass is 9.79.